The molecule has 4 rings (SSSR count). The van der Waals surface area contributed by atoms with Crippen molar-refractivity contribution in [2.45, 2.75) is 51.4 Å². The lowest BCUT2D eigenvalue weighted by atomic mass is 10.0. The Morgan fingerprint density at radius 3 is 1.20 bits per heavy atom. The molecule has 12 nitrogen and oxygen atoms in total. The van der Waals surface area contributed by atoms with E-state index in [1.807, 2.05) is 60.7 Å². The largest absolute Gasteiger partial charge is 0.397 e. The van der Waals surface area contributed by atoms with Crippen molar-refractivity contribution in [1.29, 1.82) is 0 Å². The normalized spacial score (nSPS) is 15.6. The summed E-state index contributed by atoms with van der Waals surface area (Å²) >= 11 is 0. The number of rotatable bonds is 18. The third-order valence-electron chi connectivity index (χ3n) is 7.29. The molecule has 0 spiro atoms. The van der Waals surface area contributed by atoms with Gasteiger partial charge in [0.15, 0.2) is 0 Å². The molecule has 2 aliphatic heterocycles. The quantitative estimate of drug-likeness (QED) is 0.176. The number of benzene rings is 2. The first-order chi connectivity index (χ1) is 21.0. The third kappa shape index (κ3) is 8.83. The molecule has 2 N–H and O–H groups in total. The molecule has 0 saturated heterocycles. The van der Waals surface area contributed by atoms with Crippen molar-refractivity contribution in [3.05, 3.63) is 82.9 Å². The van der Waals surface area contributed by atoms with Gasteiger partial charge in [0.1, 0.15) is 0 Å². The highest BCUT2D eigenvalue weighted by Gasteiger charge is 2.48. The van der Waals surface area contributed by atoms with Gasteiger partial charge in [-0.2, -0.15) is 16.8 Å². The first-order valence-electron chi connectivity index (χ1n) is 14.4. The highest BCUT2D eigenvalue weighted by Crippen LogP contribution is 2.46. The minimum Gasteiger partial charge on any atom is -0.307 e. The molecule has 2 aromatic rings. The molecular weight excluding hydrogens is 612 g/mol. The van der Waals surface area contributed by atoms with Gasteiger partial charge in [0, 0.05) is 13.1 Å². The Hall–Kier alpha value is -3.40. The summed E-state index contributed by atoms with van der Waals surface area (Å²) in [6, 6.07) is 18.6. The van der Waals surface area contributed by atoms with Crippen LogP contribution < -0.4 is 0 Å². The topological polar surface area (TPSA) is 168 Å². The molecule has 2 heterocycles. The van der Waals surface area contributed by atoms with E-state index in [2.05, 4.69) is 8.37 Å². The van der Waals surface area contributed by atoms with Gasteiger partial charge in [-0.15, -0.1) is 0 Å². The zero-order chi connectivity index (χ0) is 31.7. The maximum Gasteiger partial charge on any atom is 0.397 e. The molecule has 2 aliphatic rings. The summed E-state index contributed by atoms with van der Waals surface area (Å²) < 4.78 is 69.1. The fourth-order valence-corrected chi connectivity index (χ4v) is 6.05. The second kappa shape index (κ2) is 15.1. The lowest BCUT2D eigenvalue weighted by molar-refractivity contribution is -0.124. The van der Waals surface area contributed by atoms with E-state index in [-0.39, 0.29) is 25.0 Å². The number of fused-ring (bicyclic) bond motifs is 1. The first kappa shape index (κ1) is 33.5. The Morgan fingerprint density at radius 1 is 0.523 bits per heavy atom. The van der Waals surface area contributed by atoms with Crippen LogP contribution in [0.3, 0.4) is 0 Å². The van der Waals surface area contributed by atoms with Gasteiger partial charge in [-0.25, -0.2) is 8.37 Å². The predicted molar refractivity (Wildman–Crippen MR) is 162 cm³/mol. The van der Waals surface area contributed by atoms with Gasteiger partial charge in [0.25, 0.3) is 11.8 Å². The first-order valence-corrected chi connectivity index (χ1v) is 17.2. The molecule has 0 saturated carbocycles. The van der Waals surface area contributed by atoms with Gasteiger partial charge in [-0.05, 0) is 36.8 Å². The van der Waals surface area contributed by atoms with Crippen molar-refractivity contribution >= 4 is 44.0 Å². The number of carbonyl (C=O) groups excluding carboxylic acids is 2. The standard InChI is InChI=1S/C30H36N2O10S2/c33-29-26-25(27(23-15-7-5-8-16-23)31(29)19-11-1-3-13-21-41-43(35,36)37)30(34)32(28(26)24-17-9-6-10-18-24)20-12-2-4-14-22-42-44(38,39)40/h5-10,15-18H,1-4,11-14,19-22H2,(H,35,36,37)(H,38,39,40). The van der Waals surface area contributed by atoms with E-state index in [0.29, 0.717) is 87.0 Å². The maximum absolute atomic E-state index is 14.1. The minimum atomic E-state index is -4.47. The van der Waals surface area contributed by atoms with E-state index in [1.165, 1.54) is 0 Å². The second-order valence-electron chi connectivity index (χ2n) is 10.4. The molecule has 44 heavy (non-hydrogen) atoms. The molecule has 0 unspecified atom stereocenters. The Balaban J connectivity index is 1.54. The minimum absolute atomic E-state index is 0.128. The smallest absolute Gasteiger partial charge is 0.307 e. The van der Waals surface area contributed by atoms with Crippen LogP contribution in [0, 0.1) is 0 Å². The third-order valence-corrected chi connectivity index (χ3v) is 8.22. The van der Waals surface area contributed by atoms with Crippen molar-refractivity contribution in [3.63, 3.8) is 0 Å². The SMILES string of the molecule is O=C1C2=C(c3ccccc3)N(CCCCCCOS(=O)(=O)O)C(=O)C2=C(c2ccccc2)N1CCCCCCOS(=O)(=O)O. The van der Waals surface area contributed by atoms with Crippen molar-refractivity contribution in [1.82, 2.24) is 9.80 Å². The van der Waals surface area contributed by atoms with E-state index in [1.54, 1.807) is 9.80 Å². The zero-order valence-corrected chi connectivity index (χ0v) is 25.8. The fourth-order valence-electron chi connectivity index (χ4n) is 5.39. The number of nitrogens with zero attached hydrogens (tertiary/aromatic N) is 2. The Bertz CT molecular complexity index is 1480. The summed E-state index contributed by atoms with van der Waals surface area (Å²) in [5.74, 6) is -0.517. The van der Waals surface area contributed by atoms with Crippen molar-refractivity contribution in [2.75, 3.05) is 26.3 Å². The molecule has 0 atom stereocenters. The van der Waals surface area contributed by atoms with Gasteiger partial charge in [-0.3, -0.25) is 18.7 Å². The fraction of sp³-hybridized carbons (Fsp3) is 0.400. The number of hydrogen-bond donors (Lipinski definition) is 2. The van der Waals surface area contributed by atoms with Crippen LogP contribution in [-0.4, -0.2) is 73.9 Å². The second-order valence-corrected chi connectivity index (χ2v) is 12.6. The molecule has 14 heteroatoms. The number of carbonyl (C=O) groups is 2. The highest BCUT2D eigenvalue weighted by molar-refractivity contribution is 7.81. The molecule has 0 radical (unpaired) electrons. The summed E-state index contributed by atoms with van der Waals surface area (Å²) in [5.41, 5.74) is 3.33. The predicted octanol–water partition coefficient (Wildman–Crippen LogP) is 4.25. The van der Waals surface area contributed by atoms with Crippen LogP contribution in [0.1, 0.15) is 62.5 Å². The Morgan fingerprint density at radius 2 is 0.864 bits per heavy atom. The molecule has 0 bridgehead atoms. The zero-order valence-electron chi connectivity index (χ0n) is 24.1. The lowest BCUT2D eigenvalue weighted by Crippen LogP contribution is -2.31. The molecule has 2 amide bonds. The van der Waals surface area contributed by atoms with Crippen LogP contribution >= 0.6 is 0 Å². The molecule has 2 aromatic carbocycles. The summed E-state index contributed by atoms with van der Waals surface area (Å²) in [5, 5.41) is 0. The van der Waals surface area contributed by atoms with Crippen LogP contribution in [0.15, 0.2) is 71.8 Å². The van der Waals surface area contributed by atoms with Crippen molar-refractivity contribution in [3.8, 4) is 0 Å². The van der Waals surface area contributed by atoms with Crippen LogP contribution in [-0.2, 0) is 38.8 Å². The van der Waals surface area contributed by atoms with E-state index in [9.17, 15) is 26.4 Å². The molecule has 0 aromatic heterocycles. The monoisotopic (exact) mass is 648 g/mol. The summed E-state index contributed by atoms with van der Waals surface area (Å²) in [4.78, 5) is 31.5. The highest BCUT2D eigenvalue weighted by atomic mass is 32.3. The average Bonchev–Trinajstić information content (AvgIpc) is 3.42. The van der Waals surface area contributed by atoms with E-state index in [0.717, 1.165) is 11.1 Å². The van der Waals surface area contributed by atoms with Gasteiger partial charge in [0.2, 0.25) is 0 Å². The Labute approximate surface area is 257 Å². The maximum atomic E-state index is 14.1. The van der Waals surface area contributed by atoms with Crippen LogP contribution in [0.4, 0.5) is 0 Å². The molecule has 238 valence electrons. The van der Waals surface area contributed by atoms with Gasteiger partial charge >= 0.3 is 20.8 Å². The lowest BCUT2D eigenvalue weighted by Gasteiger charge is -2.25. The van der Waals surface area contributed by atoms with Gasteiger partial charge in [0.05, 0.1) is 35.8 Å². The number of hydrogen-bond acceptors (Lipinski definition) is 8. The molecule has 0 aliphatic carbocycles. The van der Waals surface area contributed by atoms with E-state index < -0.39 is 20.8 Å². The van der Waals surface area contributed by atoms with E-state index >= 15 is 0 Å². The van der Waals surface area contributed by atoms with Crippen LogP contribution in [0.25, 0.3) is 11.4 Å². The van der Waals surface area contributed by atoms with E-state index in [4.69, 9.17) is 9.11 Å². The van der Waals surface area contributed by atoms with Crippen molar-refractivity contribution < 1.29 is 43.9 Å². The summed E-state index contributed by atoms with van der Waals surface area (Å²) in [7, 11) is -8.94. The summed E-state index contributed by atoms with van der Waals surface area (Å²) in [6.45, 7) is 0.458. The summed E-state index contributed by atoms with van der Waals surface area (Å²) in [6.07, 6.45) is 4.66. The van der Waals surface area contributed by atoms with Crippen molar-refractivity contribution in [2.24, 2.45) is 0 Å². The van der Waals surface area contributed by atoms with Crippen LogP contribution in [0.2, 0.25) is 0 Å². The number of unbranched alkanes of at least 4 members (excludes halogenated alkanes) is 6. The molecule has 0 fully saturated rings. The Kier molecular flexibility index (Phi) is 11.5. The van der Waals surface area contributed by atoms with Gasteiger partial charge in [-0.1, -0.05) is 86.3 Å². The molecular formula is C30H36N2O10S2. The van der Waals surface area contributed by atoms with Gasteiger partial charge < -0.3 is 9.80 Å². The number of amides is 2. The average molecular weight is 649 g/mol. The van der Waals surface area contributed by atoms with Crippen LogP contribution in [0.5, 0.6) is 0 Å².